The van der Waals surface area contributed by atoms with E-state index in [1.165, 1.54) is 4.90 Å². The minimum Gasteiger partial charge on any atom is -0.491 e. The molecule has 1 aliphatic heterocycles. The number of carbonyl (C=O) groups is 3. The average molecular weight is 440 g/mol. The van der Waals surface area contributed by atoms with Crippen LogP contribution in [-0.2, 0) is 9.59 Å². The molecule has 0 spiro atoms. The van der Waals surface area contributed by atoms with Crippen LogP contribution in [0, 0.1) is 0 Å². The third-order valence-corrected chi connectivity index (χ3v) is 5.33. The summed E-state index contributed by atoms with van der Waals surface area (Å²) in [5.74, 6) is -0.303. The number of hydrogen-bond donors (Lipinski definition) is 3. The van der Waals surface area contributed by atoms with Gasteiger partial charge in [-0.1, -0.05) is 24.3 Å². The first-order valence-electron chi connectivity index (χ1n) is 10.7. The maximum absolute atomic E-state index is 13.2. The second kappa shape index (κ2) is 10.8. The van der Waals surface area contributed by atoms with Crippen molar-refractivity contribution in [2.45, 2.75) is 31.8 Å². The first kappa shape index (κ1) is 23.3. The molecule has 8 nitrogen and oxygen atoms in total. The quantitative estimate of drug-likeness (QED) is 0.673. The maximum Gasteiger partial charge on any atom is 0.254 e. The number of nitrogens with one attached hydrogen (secondary N) is 2. The van der Waals surface area contributed by atoms with E-state index in [1.807, 2.05) is 37.3 Å². The first-order valence-corrected chi connectivity index (χ1v) is 10.7. The summed E-state index contributed by atoms with van der Waals surface area (Å²) in [4.78, 5) is 39.7. The first-order chi connectivity index (χ1) is 15.4. The highest BCUT2D eigenvalue weighted by Crippen LogP contribution is 2.25. The lowest BCUT2D eigenvalue weighted by Crippen LogP contribution is -2.49. The van der Waals surface area contributed by atoms with Crippen molar-refractivity contribution < 1.29 is 24.2 Å². The van der Waals surface area contributed by atoms with Gasteiger partial charge < -0.3 is 25.4 Å². The minimum absolute atomic E-state index is 0.0642. The number of aliphatic hydroxyl groups is 1. The minimum atomic E-state index is -0.855. The topological polar surface area (TPSA) is 108 Å². The van der Waals surface area contributed by atoms with Crippen LogP contribution in [0.2, 0.25) is 0 Å². The van der Waals surface area contributed by atoms with Crippen LogP contribution in [0.25, 0.3) is 11.1 Å². The molecule has 1 aliphatic rings. The number of hydrogen-bond acceptors (Lipinski definition) is 5. The molecule has 8 heteroatoms. The predicted molar refractivity (Wildman–Crippen MR) is 120 cm³/mol. The predicted octanol–water partition coefficient (Wildman–Crippen LogP) is 1.58. The lowest BCUT2D eigenvalue weighted by molar-refractivity contribution is -0.126. The summed E-state index contributed by atoms with van der Waals surface area (Å²) in [5, 5.41) is 14.5. The summed E-state index contributed by atoms with van der Waals surface area (Å²) in [6.45, 7) is 2.00. The molecule has 0 saturated carbocycles. The van der Waals surface area contributed by atoms with Crippen molar-refractivity contribution in [2.75, 3.05) is 26.8 Å². The molecule has 0 saturated heterocycles. The summed E-state index contributed by atoms with van der Waals surface area (Å²) in [6, 6.07) is 13.6. The monoisotopic (exact) mass is 439 g/mol. The third-order valence-electron chi connectivity index (χ3n) is 5.33. The molecule has 0 aliphatic carbocycles. The normalized spacial score (nSPS) is 19.7. The summed E-state index contributed by atoms with van der Waals surface area (Å²) in [6.07, 6.45) is 0.215. The molecule has 3 amide bonds. The Balaban J connectivity index is 1.97. The van der Waals surface area contributed by atoms with Gasteiger partial charge in [-0.25, -0.2) is 0 Å². The molecular weight excluding hydrogens is 410 g/mol. The van der Waals surface area contributed by atoms with Crippen LogP contribution < -0.4 is 15.4 Å². The number of likely N-dealkylation sites (N-methyl/N-ethyl adjacent to an activating group) is 1. The zero-order valence-electron chi connectivity index (χ0n) is 18.3. The Morgan fingerprint density at radius 3 is 2.59 bits per heavy atom. The van der Waals surface area contributed by atoms with Crippen molar-refractivity contribution in [1.29, 1.82) is 0 Å². The van der Waals surface area contributed by atoms with Crippen molar-refractivity contribution in [3.8, 4) is 16.9 Å². The van der Waals surface area contributed by atoms with Gasteiger partial charge in [0.2, 0.25) is 11.8 Å². The molecule has 2 aromatic carbocycles. The van der Waals surface area contributed by atoms with Crippen molar-refractivity contribution in [3.63, 3.8) is 0 Å². The number of aliphatic hydroxyl groups excluding tert-OH is 1. The zero-order chi connectivity index (χ0) is 23.1. The number of benzene rings is 2. The van der Waals surface area contributed by atoms with Crippen LogP contribution in [0.5, 0.6) is 5.75 Å². The molecule has 0 aromatic heterocycles. The number of ether oxygens (including phenoxy) is 1. The molecule has 3 rings (SSSR count). The van der Waals surface area contributed by atoms with E-state index >= 15 is 0 Å². The number of carbonyl (C=O) groups excluding carboxylic acids is 3. The van der Waals surface area contributed by atoms with Gasteiger partial charge in [-0.3, -0.25) is 14.4 Å². The second-order valence-corrected chi connectivity index (χ2v) is 7.87. The summed E-state index contributed by atoms with van der Waals surface area (Å²) in [7, 11) is 1.55. The van der Waals surface area contributed by atoms with E-state index in [1.54, 1.807) is 25.2 Å². The molecule has 2 aromatic rings. The molecule has 1 heterocycles. The molecular formula is C24H29N3O5. The largest absolute Gasteiger partial charge is 0.491 e. The Morgan fingerprint density at radius 2 is 1.84 bits per heavy atom. The van der Waals surface area contributed by atoms with Gasteiger partial charge in [0, 0.05) is 25.6 Å². The van der Waals surface area contributed by atoms with Gasteiger partial charge in [0.1, 0.15) is 18.4 Å². The van der Waals surface area contributed by atoms with Crippen LogP contribution in [-0.4, -0.2) is 66.6 Å². The van der Waals surface area contributed by atoms with E-state index in [9.17, 15) is 14.4 Å². The molecule has 170 valence electrons. The smallest absolute Gasteiger partial charge is 0.254 e. The lowest BCUT2D eigenvalue weighted by Gasteiger charge is -2.28. The van der Waals surface area contributed by atoms with Crippen molar-refractivity contribution in [1.82, 2.24) is 15.5 Å². The summed E-state index contributed by atoms with van der Waals surface area (Å²) < 4.78 is 5.84. The molecule has 4 bridgehead atoms. The molecule has 32 heavy (non-hydrogen) atoms. The Morgan fingerprint density at radius 1 is 1.16 bits per heavy atom. The van der Waals surface area contributed by atoms with Crippen LogP contribution in [0.1, 0.15) is 30.1 Å². The fourth-order valence-electron chi connectivity index (χ4n) is 3.62. The molecule has 0 unspecified atom stereocenters. The Hall–Kier alpha value is -3.39. The van der Waals surface area contributed by atoms with Crippen molar-refractivity contribution in [2.24, 2.45) is 0 Å². The van der Waals surface area contributed by atoms with Gasteiger partial charge in [-0.2, -0.15) is 0 Å². The molecule has 0 fully saturated rings. The van der Waals surface area contributed by atoms with Crippen LogP contribution in [0.3, 0.4) is 0 Å². The summed E-state index contributed by atoms with van der Waals surface area (Å²) in [5.41, 5.74) is 2.17. The second-order valence-electron chi connectivity index (χ2n) is 7.87. The van der Waals surface area contributed by atoms with Gasteiger partial charge >= 0.3 is 0 Å². The maximum atomic E-state index is 13.2. The van der Waals surface area contributed by atoms with Crippen molar-refractivity contribution >= 4 is 17.7 Å². The number of nitrogens with zero attached hydrogens (tertiary/aromatic N) is 1. The lowest BCUT2D eigenvalue weighted by atomic mass is 10.0. The molecule has 0 radical (unpaired) electrons. The van der Waals surface area contributed by atoms with Crippen LogP contribution in [0.15, 0.2) is 48.5 Å². The fourth-order valence-corrected chi connectivity index (χ4v) is 3.62. The van der Waals surface area contributed by atoms with E-state index < -0.39 is 11.9 Å². The third kappa shape index (κ3) is 5.85. The van der Waals surface area contributed by atoms with Gasteiger partial charge in [0.25, 0.3) is 5.91 Å². The highest BCUT2D eigenvalue weighted by atomic mass is 16.5. The molecule has 2 atom stereocenters. The van der Waals surface area contributed by atoms with Gasteiger partial charge in [0.15, 0.2) is 0 Å². The van der Waals surface area contributed by atoms with Gasteiger partial charge in [0.05, 0.1) is 12.6 Å². The van der Waals surface area contributed by atoms with Gasteiger partial charge in [-0.05, 0) is 48.7 Å². The van der Waals surface area contributed by atoms with E-state index in [0.717, 1.165) is 11.1 Å². The standard InChI is InChI=1S/C24H29N3O5/c1-16-15-32-20-8-4-6-18(14-20)17-5-3-7-19(13-17)24(31)27(2)21(9-10-22(29)26-16)23(30)25-11-12-28/h3-8,13-14,16,21,28H,9-12,15H2,1-2H3,(H,25,30)(H,26,29)/t16-,21-/m0/s1. The number of amides is 3. The van der Waals surface area contributed by atoms with Crippen LogP contribution >= 0.6 is 0 Å². The van der Waals surface area contributed by atoms with Gasteiger partial charge in [-0.15, -0.1) is 0 Å². The van der Waals surface area contributed by atoms with E-state index in [4.69, 9.17) is 9.84 Å². The number of rotatable bonds is 3. The zero-order valence-corrected chi connectivity index (χ0v) is 18.3. The Kier molecular flexibility index (Phi) is 7.83. The van der Waals surface area contributed by atoms with Crippen molar-refractivity contribution in [3.05, 3.63) is 54.1 Å². The summed E-state index contributed by atoms with van der Waals surface area (Å²) >= 11 is 0. The Labute approximate surface area is 187 Å². The van der Waals surface area contributed by atoms with Crippen LogP contribution in [0.4, 0.5) is 0 Å². The molecule has 3 N–H and O–H groups in total. The van der Waals surface area contributed by atoms with E-state index in [2.05, 4.69) is 10.6 Å². The number of fused-ring (bicyclic) bond motifs is 5. The van der Waals surface area contributed by atoms with E-state index in [-0.39, 0.29) is 43.8 Å². The fraction of sp³-hybridized carbons (Fsp3) is 0.375. The SMILES string of the molecule is C[C@H]1COc2cccc(c2)-c2cccc(c2)C(=O)N(C)[C@H](C(=O)NCCO)CCC(=O)N1. The Bertz CT molecular complexity index is 978. The highest BCUT2D eigenvalue weighted by molar-refractivity contribution is 5.98. The highest BCUT2D eigenvalue weighted by Gasteiger charge is 2.28. The average Bonchev–Trinajstić information content (AvgIpc) is 2.80. The van der Waals surface area contributed by atoms with E-state index in [0.29, 0.717) is 17.9 Å².